The predicted octanol–water partition coefficient (Wildman–Crippen LogP) is 3.86. The fourth-order valence-electron chi connectivity index (χ4n) is 3.48. The average molecular weight is 404 g/mol. The number of aliphatic hydroxyl groups is 1. The first-order valence-electron chi connectivity index (χ1n) is 9.12. The van der Waals surface area contributed by atoms with Gasteiger partial charge in [-0.3, -0.25) is 19.5 Å². The number of ether oxygens (including phenoxy) is 1. The first-order chi connectivity index (χ1) is 14.5. The number of hydrogen-bond donors (Lipinski definition) is 1. The minimum Gasteiger partial charge on any atom is -0.507 e. The monoisotopic (exact) mass is 404 g/mol. The fraction of sp³-hybridized carbons (Fsp3) is 0.0870. The van der Waals surface area contributed by atoms with Crippen LogP contribution in [0.1, 0.15) is 17.2 Å². The minimum atomic E-state index is -0.884. The lowest BCUT2D eigenvalue weighted by molar-refractivity contribution is -0.132. The lowest BCUT2D eigenvalue weighted by atomic mass is 9.96. The molecule has 1 amide bonds. The maximum Gasteiger partial charge on any atom is 0.300 e. The molecule has 1 aromatic heterocycles. The Morgan fingerprint density at radius 3 is 2.43 bits per heavy atom. The maximum atomic E-state index is 13.3. The predicted molar refractivity (Wildman–Crippen MR) is 108 cm³/mol. The van der Waals surface area contributed by atoms with Gasteiger partial charge in [0.25, 0.3) is 11.7 Å². The number of nitrogens with zero attached hydrogens (tertiary/aromatic N) is 2. The van der Waals surface area contributed by atoms with E-state index in [0.29, 0.717) is 17.0 Å². The van der Waals surface area contributed by atoms with E-state index in [-0.39, 0.29) is 16.9 Å². The second kappa shape index (κ2) is 7.79. The van der Waals surface area contributed by atoms with E-state index in [1.54, 1.807) is 48.8 Å². The Hall–Kier alpha value is -4.00. The van der Waals surface area contributed by atoms with Crippen LogP contribution in [-0.4, -0.2) is 28.9 Å². The molecule has 150 valence electrons. The molecule has 6 nitrogen and oxygen atoms in total. The second-order valence-corrected chi connectivity index (χ2v) is 6.66. The molecule has 1 fully saturated rings. The van der Waals surface area contributed by atoms with Crippen LogP contribution in [0.4, 0.5) is 10.1 Å². The van der Waals surface area contributed by atoms with Crippen LogP contribution in [0.5, 0.6) is 5.75 Å². The summed E-state index contributed by atoms with van der Waals surface area (Å²) in [6.45, 7) is 0. The third-order valence-electron chi connectivity index (χ3n) is 4.92. The van der Waals surface area contributed by atoms with E-state index in [1.165, 1.54) is 36.3 Å². The van der Waals surface area contributed by atoms with Gasteiger partial charge in [0.2, 0.25) is 0 Å². The normalized spacial score (nSPS) is 17.9. The molecular weight excluding hydrogens is 387 g/mol. The molecular formula is C23H17FN2O4. The summed E-state index contributed by atoms with van der Waals surface area (Å²) in [5.41, 5.74) is 1.19. The Bertz CT molecular complexity index is 1140. The number of amides is 1. The summed E-state index contributed by atoms with van der Waals surface area (Å²) in [7, 11) is 1.50. The standard InChI is InChI=1S/C23H17FN2O4/c1-30-18-4-2-3-17(13-18)26-20(14-9-11-25-12-10-14)19(22(28)23(26)29)21(27)15-5-7-16(24)8-6-15/h2-13,20,27H,1H3/b21-19+. The summed E-state index contributed by atoms with van der Waals surface area (Å²) in [5, 5.41) is 10.9. The molecule has 2 aromatic carbocycles. The van der Waals surface area contributed by atoms with Crippen LogP contribution in [0.15, 0.2) is 78.6 Å². The lowest BCUT2D eigenvalue weighted by Crippen LogP contribution is -2.29. The van der Waals surface area contributed by atoms with Gasteiger partial charge in [-0.05, 0) is 54.1 Å². The summed E-state index contributed by atoms with van der Waals surface area (Å²) in [4.78, 5) is 31.3. The maximum absolute atomic E-state index is 13.3. The number of anilines is 1. The third-order valence-corrected chi connectivity index (χ3v) is 4.92. The van der Waals surface area contributed by atoms with Gasteiger partial charge in [-0.25, -0.2) is 4.39 Å². The zero-order valence-corrected chi connectivity index (χ0v) is 15.9. The number of pyridine rings is 1. The average Bonchev–Trinajstić information content (AvgIpc) is 3.05. The van der Waals surface area contributed by atoms with Gasteiger partial charge in [-0.1, -0.05) is 6.07 Å². The van der Waals surface area contributed by atoms with Crippen LogP contribution in [-0.2, 0) is 9.59 Å². The number of methoxy groups -OCH3 is 1. The number of hydrogen-bond acceptors (Lipinski definition) is 5. The zero-order valence-electron chi connectivity index (χ0n) is 15.9. The number of carbonyl (C=O) groups is 2. The second-order valence-electron chi connectivity index (χ2n) is 6.66. The highest BCUT2D eigenvalue weighted by molar-refractivity contribution is 6.51. The smallest absolute Gasteiger partial charge is 0.300 e. The first-order valence-corrected chi connectivity index (χ1v) is 9.12. The number of aliphatic hydroxyl groups excluding tert-OH is 1. The third kappa shape index (κ3) is 3.30. The molecule has 30 heavy (non-hydrogen) atoms. The SMILES string of the molecule is COc1cccc(N2C(=O)C(=O)/C(=C(/O)c3ccc(F)cc3)C2c2ccncc2)c1. The molecule has 0 saturated carbocycles. The number of ketones is 1. The fourth-order valence-corrected chi connectivity index (χ4v) is 3.48. The van der Waals surface area contributed by atoms with E-state index in [4.69, 9.17) is 4.74 Å². The number of Topliss-reactive ketones (excluding diaryl/α,β-unsaturated/α-hetero) is 1. The summed E-state index contributed by atoms with van der Waals surface area (Å²) in [5.74, 6) is -1.95. The van der Waals surface area contributed by atoms with Gasteiger partial charge in [-0.2, -0.15) is 0 Å². The molecule has 7 heteroatoms. The Labute approximate surface area is 171 Å². The van der Waals surface area contributed by atoms with E-state index >= 15 is 0 Å². The van der Waals surface area contributed by atoms with Crippen molar-refractivity contribution >= 4 is 23.1 Å². The Balaban J connectivity index is 1.93. The molecule has 1 N–H and O–H groups in total. The van der Waals surface area contributed by atoms with Crippen molar-refractivity contribution in [2.24, 2.45) is 0 Å². The molecule has 3 aromatic rings. The van der Waals surface area contributed by atoms with E-state index in [9.17, 15) is 19.1 Å². The molecule has 0 radical (unpaired) electrons. The van der Waals surface area contributed by atoms with Crippen molar-refractivity contribution in [3.8, 4) is 5.75 Å². The van der Waals surface area contributed by atoms with E-state index in [1.807, 2.05) is 0 Å². The molecule has 1 aliphatic rings. The van der Waals surface area contributed by atoms with Crippen molar-refractivity contribution in [1.82, 2.24) is 4.98 Å². The number of benzene rings is 2. The molecule has 4 rings (SSSR count). The van der Waals surface area contributed by atoms with Crippen LogP contribution >= 0.6 is 0 Å². The first kappa shape index (κ1) is 19.3. The largest absolute Gasteiger partial charge is 0.507 e. The number of halogens is 1. The molecule has 0 spiro atoms. The summed E-state index contributed by atoms with van der Waals surface area (Å²) in [6, 6.07) is 14.3. The molecule has 0 aliphatic carbocycles. The van der Waals surface area contributed by atoms with Crippen LogP contribution in [0.3, 0.4) is 0 Å². The lowest BCUT2D eigenvalue weighted by Gasteiger charge is -2.25. The van der Waals surface area contributed by atoms with Crippen molar-refractivity contribution in [2.45, 2.75) is 6.04 Å². The van der Waals surface area contributed by atoms with Gasteiger partial charge < -0.3 is 9.84 Å². The molecule has 2 heterocycles. The highest BCUT2D eigenvalue weighted by atomic mass is 19.1. The number of carbonyl (C=O) groups excluding carboxylic acids is 2. The quantitative estimate of drug-likeness (QED) is 0.406. The van der Waals surface area contributed by atoms with Crippen LogP contribution in [0.25, 0.3) is 5.76 Å². The Kier molecular flexibility index (Phi) is 5.02. The molecule has 1 aliphatic heterocycles. The van der Waals surface area contributed by atoms with Gasteiger partial charge >= 0.3 is 0 Å². The number of aromatic nitrogens is 1. The van der Waals surface area contributed by atoms with Gasteiger partial charge in [0.15, 0.2) is 0 Å². The summed E-state index contributed by atoms with van der Waals surface area (Å²) >= 11 is 0. The summed E-state index contributed by atoms with van der Waals surface area (Å²) < 4.78 is 18.6. The molecule has 1 saturated heterocycles. The van der Waals surface area contributed by atoms with Crippen LogP contribution in [0.2, 0.25) is 0 Å². The van der Waals surface area contributed by atoms with Crippen molar-refractivity contribution in [3.05, 3.63) is 95.6 Å². The summed E-state index contributed by atoms with van der Waals surface area (Å²) in [6.07, 6.45) is 3.08. The Morgan fingerprint density at radius 1 is 1.07 bits per heavy atom. The van der Waals surface area contributed by atoms with Crippen molar-refractivity contribution in [1.29, 1.82) is 0 Å². The van der Waals surface area contributed by atoms with Crippen molar-refractivity contribution < 1.29 is 23.8 Å². The van der Waals surface area contributed by atoms with Crippen LogP contribution < -0.4 is 9.64 Å². The van der Waals surface area contributed by atoms with Gasteiger partial charge in [-0.15, -0.1) is 0 Å². The van der Waals surface area contributed by atoms with E-state index in [2.05, 4.69) is 4.98 Å². The Morgan fingerprint density at radius 2 is 1.77 bits per heavy atom. The molecule has 1 unspecified atom stereocenters. The van der Waals surface area contributed by atoms with E-state index in [0.717, 1.165) is 0 Å². The van der Waals surface area contributed by atoms with Crippen LogP contribution in [0, 0.1) is 5.82 Å². The van der Waals surface area contributed by atoms with E-state index < -0.39 is 23.5 Å². The van der Waals surface area contributed by atoms with Gasteiger partial charge in [0, 0.05) is 29.7 Å². The molecule has 1 atom stereocenters. The highest BCUT2D eigenvalue weighted by Crippen LogP contribution is 2.42. The minimum absolute atomic E-state index is 0.0828. The zero-order chi connectivity index (χ0) is 21.3. The van der Waals surface area contributed by atoms with Crippen molar-refractivity contribution in [3.63, 3.8) is 0 Å². The molecule has 0 bridgehead atoms. The van der Waals surface area contributed by atoms with Gasteiger partial charge in [0.1, 0.15) is 17.3 Å². The van der Waals surface area contributed by atoms with Crippen molar-refractivity contribution in [2.75, 3.05) is 12.0 Å². The highest BCUT2D eigenvalue weighted by Gasteiger charge is 2.47. The number of rotatable bonds is 4. The van der Waals surface area contributed by atoms with Gasteiger partial charge in [0.05, 0.1) is 18.7 Å². The topological polar surface area (TPSA) is 79.7 Å².